The smallest absolute Gasteiger partial charge is 0.253 e. The Morgan fingerprint density at radius 1 is 1.41 bits per heavy atom. The highest BCUT2D eigenvalue weighted by Crippen LogP contribution is 2.20. The zero-order valence-electron chi connectivity index (χ0n) is 13.5. The number of nitrogens with one attached hydrogen (secondary N) is 1. The number of methoxy groups -OCH3 is 1. The summed E-state index contributed by atoms with van der Waals surface area (Å²) in [6.45, 7) is 3.91. The summed E-state index contributed by atoms with van der Waals surface area (Å²) in [6, 6.07) is 7.45. The molecule has 1 aliphatic heterocycles. The molecule has 1 aromatic rings. The number of carbonyl (C=O) groups excluding carboxylic acids is 1. The van der Waals surface area contributed by atoms with Crippen molar-refractivity contribution in [2.75, 3.05) is 47.0 Å². The van der Waals surface area contributed by atoms with Gasteiger partial charge in [-0.25, -0.2) is 0 Å². The molecule has 0 aliphatic carbocycles. The third-order valence-electron chi connectivity index (χ3n) is 3.91. The Labute approximate surface area is 132 Å². The molecule has 1 atom stereocenters. The van der Waals surface area contributed by atoms with Crippen LogP contribution in [0.25, 0.3) is 0 Å². The number of rotatable bonds is 8. The van der Waals surface area contributed by atoms with E-state index >= 15 is 0 Å². The van der Waals surface area contributed by atoms with E-state index in [-0.39, 0.29) is 5.91 Å². The van der Waals surface area contributed by atoms with Crippen LogP contribution in [-0.4, -0.2) is 57.8 Å². The summed E-state index contributed by atoms with van der Waals surface area (Å²) < 4.78 is 10.7. The Morgan fingerprint density at radius 3 is 3.05 bits per heavy atom. The van der Waals surface area contributed by atoms with E-state index in [4.69, 9.17) is 9.47 Å². The number of amides is 1. The largest absolute Gasteiger partial charge is 0.493 e. The van der Waals surface area contributed by atoms with Gasteiger partial charge in [0.15, 0.2) is 0 Å². The maximum Gasteiger partial charge on any atom is 0.253 e. The van der Waals surface area contributed by atoms with Crippen LogP contribution < -0.4 is 10.1 Å². The van der Waals surface area contributed by atoms with Crippen molar-refractivity contribution in [2.45, 2.75) is 12.8 Å². The monoisotopic (exact) mass is 306 g/mol. The highest BCUT2D eigenvalue weighted by molar-refractivity contribution is 5.94. The highest BCUT2D eigenvalue weighted by Gasteiger charge is 2.26. The predicted octanol–water partition coefficient (Wildman–Crippen LogP) is 1.78. The summed E-state index contributed by atoms with van der Waals surface area (Å²) in [4.78, 5) is 14.5. The second-order valence-corrected chi connectivity index (χ2v) is 5.69. The minimum atomic E-state index is 0.0981. The van der Waals surface area contributed by atoms with Gasteiger partial charge in [-0.15, -0.1) is 0 Å². The number of hydrogen-bond acceptors (Lipinski definition) is 4. The van der Waals surface area contributed by atoms with E-state index in [1.165, 1.54) is 0 Å². The van der Waals surface area contributed by atoms with Gasteiger partial charge in [-0.2, -0.15) is 0 Å². The molecular formula is C17H26N2O3. The van der Waals surface area contributed by atoms with Crippen molar-refractivity contribution >= 4 is 5.91 Å². The Kier molecular flexibility index (Phi) is 6.68. The van der Waals surface area contributed by atoms with Crippen molar-refractivity contribution in [2.24, 2.45) is 5.92 Å². The second-order valence-electron chi connectivity index (χ2n) is 5.69. The van der Waals surface area contributed by atoms with Gasteiger partial charge in [0.2, 0.25) is 0 Å². The number of ether oxygens (including phenoxy) is 2. The summed E-state index contributed by atoms with van der Waals surface area (Å²) in [5.41, 5.74) is 0.703. The quantitative estimate of drug-likeness (QED) is 0.744. The molecule has 0 bridgehead atoms. The molecule has 1 N–H and O–H groups in total. The van der Waals surface area contributed by atoms with Crippen molar-refractivity contribution in [3.63, 3.8) is 0 Å². The van der Waals surface area contributed by atoms with E-state index in [1.54, 1.807) is 7.11 Å². The molecule has 5 nitrogen and oxygen atoms in total. The van der Waals surface area contributed by atoms with Crippen LogP contribution in [0.1, 0.15) is 23.2 Å². The van der Waals surface area contributed by atoms with Crippen molar-refractivity contribution in [3.05, 3.63) is 29.8 Å². The molecule has 0 aromatic heterocycles. The van der Waals surface area contributed by atoms with E-state index in [2.05, 4.69) is 5.32 Å². The summed E-state index contributed by atoms with van der Waals surface area (Å²) in [5, 5.41) is 3.18. The predicted molar refractivity (Wildman–Crippen MR) is 86.4 cm³/mol. The molecule has 1 amide bonds. The summed E-state index contributed by atoms with van der Waals surface area (Å²) in [7, 11) is 3.63. The number of carbonyl (C=O) groups is 1. The average molecular weight is 306 g/mol. The zero-order chi connectivity index (χ0) is 15.8. The van der Waals surface area contributed by atoms with Gasteiger partial charge in [-0.05, 0) is 44.1 Å². The Balaban J connectivity index is 1.90. The highest BCUT2D eigenvalue weighted by atomic mass is 16.5. The molecule has 1 aliphatic rings. The van der Waals surface area contributed by atoms with Crippen LogP contribution in [0.5, 0.6) is 5.75 Å². The van der Waals surface area contributed by atoms with E-state index in [0.717, 1.165) is 38.2 Å². The lowest BCUT2D eigenvalue weighted by atomic mass is 10.1. The second kappa shape index (κ2) is 8.76. The molecule has 0 saturated carbocycles. The van der Waals surface area contributed by atoms with Gasteiger partial charge in [-0.3, -0.25) is 4.79 Å². The molecule has 1 heterocycles. The Morgan fingerprint density at radius 2 is 2.27 bits per heavy atom. The molecule has 5 heteroatoms. The van der Waals surface area contributed by atoms with Crippen molar-refractivity contribution in [1.29, 1.82) is 0 Å². The van der Waals surface area contributed by atoms with Gasteiger partial charge < -0.3 is 19.7 Å². The molecule has 22 heavy (non-hydrogen) atoms. The van der Waals surface area contributed by atoms with Gasteiger partial charge in [-0.1, -0.05) is 6.07 Å². The lowest BCUT2D eigenvalue weighted by Gasteiger charge is -2.17. The molecule has 1 unspecified atom stereocenters. The normalized spacial score (nSPS) is 17.7. The lowest BCUT2D eigenvalue weighted by molar-refractivity contribution is 0.0786. The summed E-state index contributed by atoms with van der Waals surface area (Å²) in [5.74, 6) is 1.40. The zero-order valence-corrected chi connectivity index (χ0v) is 13.5. The minimum absolute atomic E-state index is 0.0981. The SMILES string of the molecule is CNCC1CCN(C(=O)c2cccc(OCCCOC)c2)C1. The summed E-state index contributed by atoms with van der Waals surface area (Å²) >= 11 is 0. The van der Waals surface area contributed by atoms with Crippen LogP contribution in [0.2, 0.25) is 0 Å². The molecule has 0 radical (unpaired) electrons. The van der Waals surface area contributed by atoms with Crippen molar-refractivity contribution < 1.29 is 14.3 Å². The molecule has 1 saturated heterocycles. The van der Waals surface area contributed by atoms with Gasteiger partial charge in [0.1, 0.15) is 5.75 Å². The van der Waals surface area contributed by atoms with Gasteiger partial charge in [0.05, 0.1) is 6.61 Å². The van der Waals surface area contributed by atoms with E-state index in [1.807, 2.05) is 36.2 Å². The van der Waals surface area contributed by atoms with Crippen LogP contribution in [0.3, 0.4) is 0 Å². The van der Waals surface area contributed by atoms with Crippen LogP contribution >= 0.6 is 0 Å². The molecular weight excluding hydrogens is 280 g/mol. The van der Waals surface area contributed by atoms with Crippen LogP contribution in [-0.2, 0) is 4.74 Å². The lowest BCUT2D eigenvalue weighted by Crippen LogP contribution is -2.30. The van der Waals surface area contributed by atoms with E-state index in [9.17, 15) is 4.79 Å². The van der Waals surface area contributed by atoms with Crippen LogP contribution in [0, 0.1) is 5.92 Å². The number of nitrogens with zero attached hydrogens (tertiary/aromatic N) is 1. The van der Waals surface area contributed by atoms with Gasteiger partial charge >= 0.3 is 0 Å². The standard InChI is InChI=1S/C17H26N2O3/c1-18-12-14-7-8-19(13-14)17(20)15-5-3-6-16(11-15)22-10-4-9-21-2/h3,5-6,11,14,18H,4,7-10,12-13H2,1-2H3. The fourth-order valence-electron chi connectivity index (χ4n) is 2.77. The molecule has 0 spiro atoms. The minimum Gasteiger partial charge on any atom is -0.493 e. The van der Waals surface area contributed by atoms with Crippen molar-refractivity contribution in [1.82, 2.24) is 10.2 Å². The third kappa shape index (κ3) is 4.71. The number of likely N-dealkylation sites (tertiary alicyclic amines) is 1. The molecule has 1 aromatic carbocycles. The number of benzene rings is 1. The fourth-order valence-corrected chi connectivity index (χ4v) is 2.77. The van der Waals surface area contributed by atoms with E-state index in [0.29, 0.717) is 24.7 Å². The Hall–Kier alpha value is -1.59. The molecule has 2 rings (SSSR count). The first kappa shape index (κ1) is 16.8. The first-order valence-electron chi connectivity index (χ1n) is 7.90. The maximum atomic E-state index is 12.6. The average Bonchev–Trinajstić information content (AvgIpc) is 3.00. The topological polar surface area (TPSA) is 50.8 Å². The summed E-state index contributed by atoms with van der Waals surface area (Å²) in [6.07, 6.45) is 1.91. The third-order valence-corrected chi connectivity index (χ3v) is 3.91. The van der Waals surface area contributed by atoms with Crippen LogP contribution in [0.4, 0.5) is 0 Å². The maximum absolute atomic E-state index is 12.6. The molecule has 1 fully saturated rings. The molecule has 122 valence electrons. The van der Waals surface area contributed by atoms with Gasteiger partial charge in [0, 0.05) is 38.8 Å². The number of hydrogen-bond donors (Lipinski definition) is 1. The Bertz CT molecular complexity index is 479. The van der Waals surface area contributed by atoms with Gasteiger partial charge in [0.25, 0.3) is 5.91 Å². The van der Waals surface area contributed by atoms with Crippen LogP contribution in [0.15, 0.2) is 24.3 Å². The fraction of sp³-hybridized carbons (Fsp3) is 0.588. The first-order valence-corrected chi connectivity index (χ1v) is 7.90. The first-order chi connectivity index (χ1) is 10.7. The van der Waals surface area contributed by atoms with E-state index < -0.39 is 0 Å². The van der Waals surface area contributed by atoms with Crippen molar-refractivity contribution in [3.8, 4) is 5.75 Å².